The number of aliphatic hydroxyl groups is 1. The molecule has 0 aromatic heterocycles. The second kappa shape index (κ2) is 7.34. The van der Waals surface area contributed by atoms with Crippen molar-refractivity contribution in [3.05, 3.63) is 35.1 Å². The number of benzene rings is 1. The average Bonchev–Trinajstić information content (AvgIpc) is 2.61. The first-order chi connectivity index (χ1) is 12.3. The van der Waals surface area contributed by atoms with Crippen LogP contribution in [-0.2, 0) is 4.74 Å². The largest absolute Gasteiger partial charge is 0.393 e. The Bertz CT molecular complexity index is 720. The van der Waals surface area contributed by atoms with Crippen molar-refractivity contribution in [3.63, 3.8) is 0 Å². The van der Waals surface area contributed by atoms with Gasteiger partial charge < -0.3 is 14.7 Å². The second-order valence-electron chi connectivity index (χ2n) is 7.78. The molecule has 2 aliphatic rings. The van der Waals surface area contributed by atoms with Crippen LogP contribution in [0.25, 0.3) is 0 Å². The molecule has 140 valence electrons. The van der Waals surface area contributed by atoms with Gasteiger partial charge in [0.2, 0.25) is 0 Å². The fourth-order valence-corrected chi connectivity index (χ4v) is 3.97. The molecule has 2 fully saturated rings. The van der Waals surface area contributed by atoms with Crippen LogP contribution in [0, 0.1) is 23.1 Å². The molecule has 2 aliphatic heterocycles. The van der Waals surface area contributed by atoms with Crippen LogP contribution in [0.1, 0.15) is 55.5 Å². The van der Waals surface area contributed by atoms with Crippen LogP contribution in [0.2, 0.25) is 0 Å². The zero-order valence-electron chi connectivity index (χ0n) is 15.2. The van der Waals surface area contributed by atoms with Crippen LogP contribution in [0.4, 0.5) is 4.39 Å². The number of hydrogen-bond acceptors (Lipinski definition) is 4. The van der Waals surface area contributed by atoms with E-state index in [1.54, 1.807) is 4.90 Å². The van der Waals surface area contributed by atoms with Crippen molar-refractivity contribution in [1.82, 2.24) is 4.90 Å². The van der Waals surface area contributed by atoms with E-state index in [0.29, 0.717) is 44.7 Å². The predicted molar refractivity (Wildman–Crippen MR) is 93.9 cm³/mol. The Labute approximate surface area is 153 Å². The summed E-state index contributed by atoms with van der Waals surface area (Å²) in [6.07, 6.45) is 2.15. The van der Waals surface area contributed by atoms with Gasteiger partial charge in [-0.2, -0.15) is 5.26 Å². The topological polar surface area (TPSA) is 73.6 Å². The molecule has 2 heterocycles. The molecule has 5 nitrogen and oxygen atoms in total. The average molecular weight is 360 g/mol. The lowest BCUT2D eigenvalue weighted by atomic mass is 9.80. The Morgan fingerprint density at radius 3 is 2.69 bits per heavy atom. The lowest BCUT2D eigenvalue weighted by Gasteiger charge is -2.48. The van der Waals surface area contributed by atoms with Gasteiger partial charge in [-0.05, 0) is 43.4 Å². The molecular weight excluding hydrogens is 335 g/mol. The SMILES string of the molecule is CC(C)[C@H]1C[C@@H](O)CC2(CCN(C(=O)c3ccc(C#N)cc3F)CC2)O1. The van der Waals surface area contributed by atoms with Gasteiger partial charge in [0.15, 0.2) is 0 Å². The van der Waals surface area contributed by atoms with Crippen molar-refractivity contribution in [1.29, 1.82) is 5.26 Å². The predicted octanol–water partition coefficient (Wildman–Crippen LogP) is 2.87. The van der Waals surface area contributed by atoms with Gasteiger partial charge >= 0.3 is 0 Å². The Balaban J connectivity index is 1.68. The van der Waals surface area contributed by atoms with Gasteiger partial charge in [-0.3, -0.25) is 4.79 Å². The number of piperidine rings is 1. The molecule has 1 aromatic rings. The van der Waals surface area contributed by atoms with Gasteiger partial charge in [0, 0.05) is 19.5 Å². The van der Waals surface area contributed by atoms with E-state index in [1.807, 2.05) is 6.07 Å². The Hall–Kier alpha value is -1.97. The summed E-state index contributed by atoms with van der Waals surface area (Å²) in [5, 5.41) is 19.1. The summed E-state index contributed by atoms with van der Waals surface area (Å²) in [7, 11) is 0. The van der Waals surface area contributed by atoms with E-state index in [-0.39, 0.29) is 29.2 Å². The number of carbonyl (C=O) groups is 1. The van der Waals surface area contributed by atoms with E-state index in [0.717, 1.165) is 6.07 Å². The standard InChI is InChI=1S/C20H25FN2O3/c1-13(2)18-10-15(24)11-20(26-18)5-7-23(8-6-20)19(25)16-4-3-14(12-22)9-17(16)21/h3-4,9,13,15,18,24H,5-8,10-11H2,1-2H3/t15-,18-/m1/s1. The lowest BCUT2D eigenvalue weighted by Crippen LogP contribution is -2.54. The van der Waals surface area contributed by atoms with Crippen LogP contribution in [0.5, 0.6) is 0 Å². The van der Waals surface area contributed by atoms with Crippen molar-refractivity contribution < 1.29 is 19.0 Å². The summed E-state index contributed by atoms with van der Waals surface area (Å²) in [6, 6.07) is 5.78. The van der Waals surface area contributed by atoms with Crippen LogP contribution in [0.3, 0.4) is 0 Å². The monoisotopic (exact) mass is 360 g/mol. The second-order valence-corrected chi connectivity index (χ2v) is 7.78. The van der Waals surface area contributed by atoms with Crippen molar-refractivity contribution in [3.8, 4) is 6.07 Å². The van der Waals surface area contributed by atoms with E-state index in [2.05, 4.69) is 13.8 Å². The lowest BCUT2D eigenvalue weighted by molar-refractivity contribution is -0.190. The summed E-state index contributed by atoms with van der Waals surface area (Å²) in [5.41, 5.74) is -0.211. The molecular formula is C20H25FN2O3. The number of hydrogen-bond donors (Lipinski definition) is 1. The molecule has 1 amide bonds. The van der Waals surface area contributed by atoms with Crippen molar-refractivity contribution in [2.75, 3.05) is 13.1 Å². The van der Waals surface area contributed by atoms with Gasteiger partial charge in [0.05, 0.1) is 35.0 Å². The van der Waals surface area contributed by atoms with Crippen LogP contribution >= 0.6 is 0 Å². The minimum atomic E-state index is -0.668. The van der Waals surface area contributed by atoms with E-state index in [9.17, 15) is 14.3 Å². The molecule has 0 bridgehead atoms. The number of nitrogens with zero attached hydrogens (tertiary/aromatic N) is 2. The summed E-state index contributed by atoms with van der Waals surface area (Å²) in [5.74, 6) is -0.702. The van der Waals surface area contributed by atoms with Crippen molar-refractivity contribution >= 4 is 5.91 Å². The number of likely N-dealkylation sites (tertiary alicyclic amines) is 1. The Morgan fingerprint density at radius 1 is 1.42 bits per heavy atom. The molecule has 3 rings (SSSR count). The van der Waals surface area contributed by atoms with E-state index in [1.165, 1.54) is 12.1 Å². The van der Waals surface area contributed by atoms with Gasteiger partial charge in [-0.25, -0.2) is 4.39 Å². The minimum absolute atomic E-state index is 0.00963. The maximum atomic E-state index is 14.1. The smallest absolute Gasteiger partial charge is 0.256 e. The number of halogens is 1. The molecule has 0 unspecified atom stereocenters. The van der Waals surface area contributed by atoms with Crippen LogP contribution in [0.15, 0.2) is 18.2 Å². The molecule has 1 spiro atoms. The zero-order valence-corrected chi connectivity index (χ0v) is 15.2. The van der Waals surface area contributed by atoms with Gasteiger partial charge in [-0.1, -0.05) is 13.8 Å². The summed E-state index contributed by atoms with van der Waals surface area (Å²) < 4.78 is 20.5. The van der Waals surface area contributed by atoms with Gasteiger partial charge in [-0.15, -0.1) is 0 Å². The number of aliphatic hydroxyl groups excluding tert-OH is 1. The highest BCUT2D eigenvalue weighted by atomic mass is 19.1. The Morgan fingerprint density at radius 2 is 2.12 bits per heavy atom. The minimum Gasteiger partial charge on any atom is -0.393 e. The molecule has 0 radical (unpaired) electrons. The summed E-state index contributed by atoms with van der Waals surface area (Å²) >= 11 is 0. The van der Waals surface area contributed by atoms with Gasteiger partial charge in [0.25, 0.3) is 5.91 Å². The van der Waals surface area contributed by atoms with E-state index in [4.69, 9.17) is 10.00 Å². The first kappa shape index (κ1) is 18.8. The van der Waals surface area contributed by atoms with Crippen LogP contribution in [-0.4, -0.2) is 46.8 Å². The highest BCUT2D eigenvalue weighted by Gasteiger charge is 2.44. The molecule has 1 N–H and O–H groups in total. The quantitative estimate of drug-likeness (QED) is 0.880. The highest BCUT2D eigenvalue weighted by molar-refractivity contribution is 5.94. The first-order valence-electron chi connectivity index (χ1n) is 9.18. The van der Waals surface area contributed by atoms with E-state index < -0.39 is 11.4 Å². The Kier molecular flexibility index (Phi) is 5.31. The summed E-state index contributed by atoms with van der Waals surface area (Å²) in [4.78, 5) is 14.3. The third-order valence-electron chi connectivity index (χ3n) is 5.55. The molecule has 26 heavy (non-hydrogen) atoms. The number of ether oxygens (including phenoxy) is 1. The number of carbonyl (C=O) groups excluding carboxylic acids is 1. The molecule has 0 aliphatic carbocycles. The van der Waals surface area contributed by atoms with Gasteiger partial charge in [0.1, 0.15) is 5.82 Å². The zero-order chi connectivity index (χ0) is 18.9. The normalized spacial score (nSPS) is 25.3. The van der Waals surface area contributed by atoms with Crippen LogP contribution < -0.4 is 0 Å². The van der Waals surface area contributed by atoms with Crippen molar-refractivity contribution in [2.45, 2.75) is 57.3 Å². The summed E-state index contributed by atoms with van der Waals surface area (Å²) in [6.45, 7) is 5.11. The fraction of sp³-hybridized carbons (Fsp3) is 0.600. The third-order valence-corrected chi connectivity index (χ3v) is 5.55. The molecule has 1 aromatic carbocycles. The maximum Gasteiger partial charge on any atom is 0.256 e. The highest BCUT2D eigenvalue weighted by Crippen LogP contribution is 2.39. The molecule has 6 heteroatoms. The number of rotatable bonds is 2. The fourth-order valence-electron chi connectivity index (χ4n) is 3.97. The first-order valence-corrected chi connectivity index (χ1v) is 9.18. The van der Waals surface area contributed by atoms with E-state index >= 15 is 0 Å². The number of nitriles is 1. The molecule has 2 atom stereocenters. The molecule has 0 saturated carbocycles. The van der Waals surface area contributed by atoms with Crippen molar-refractivity contribution in [2.24, 2.45) is 5.92 Å². The maximum absolute atomic E-state index is 14.1. The number of amides is 1. The third kappa shape index (κ3) is 3.74. The molecule has 2 saturated heterocycles.